The van der Waals surface area contributed by atoms with Crippen LogP contribution in [0, 0.1) is 10.1 Å². The van der Waals surface area contributed by atoms with Gasteiger partial charge in [0.2, 0.25) is 0 Å². The largest absolute Gasteiger partial charge is 0.454 e. The van der Waals surface area contributed by atoms with Crippen LogP contribution in [0.3, 0.4) is 0 Å². The molecule has 3 aromatic rings. The molecule has 30 heavy (non-hydrogen) atoms. The molecular weight excluding hydrogens is 408 g/mol. The van der Waals surface area contributed by atoms with Crippen LogP contribution in [-0.4, -0.2) is 16.8 Å². The van der Waals surface area contributed by atoms with E-state index in [9.17, 15) is 19.7 Å². The number of rotatable bonds is 4. The molecule has 1 aliphatic heterocycles. The van der Waals surface area contributed by atoms with Crippen LogP contribution >= 0.6 is 11.6 Å². The Morgan fingerprint density at radius 3 is 2.60 bits per heavy atom. The van der Waals surface area contributed by atoms with Crippen molar-refractivity contribution in [2.75, 3.05) is 5.32 Å². The van der Waals surface area contributed by atoms with Gasteiger partial charge < -0.3 is 10.1 Å². The van der Waals surface area contributed by atoms with Gasteiger partial charge in [-0.15, -0.1) is 0 Å². The lowest BCUT2D eigenvalue weighted by Crippen LogP contribution is -2.23. The molecule has 0 spiro atoms. The molecule has 3 aromatic carbocycles. The van der Waals surface area contributed by atoms with E-state index in [1.807, 2.05) is 0 Å². The predicted octanol–water partition coefficient (Wildman–Crippen LogP) is 4.95. The molecular formula is C22H15ClN2O5. The second kappa shape index (κ2) is 7.96. The third-order valence-electron chi connectivity index (χ3n) is 4.80. The number of fused-ring (bicyclic) bond motifs is 1. The van der Waals surface area contributed by atoms with Gasteiger partial charge in [-0.25, -0.2) is 4.79 Å². The van der Waals surface area contributed by atoms with E-state index < -0.39 is 22.9 Å². The van der Waals surface area contributed by atoms with Crippen molar-refractivity contribution in [3.63, 3.8) is 0 Å². The van der Waals surface area contributed by atoms with Gasteiger partial charge in [-0.05, 0) is 47.5 Å². The Morgan fingerprint density at radius 2 is 1.87 bits per heavy atom. The first-order valence-corrected chi connectivity index (χ1v) is 9.44. The first-order valence-electron chi connectivity index (χ1n) is 9.06. The second-order valence-electron chi connectivity index (χ2n) is 6.78. The summed E-state index contributed by atoms with van der Waals surface area (Å²) in [6.45, 7) is 0. The molecule has 0 saturated carbocycles. The van der Waals surface area contributed by atoms with Crippen molar-refractivity contribution in [1.29, 1.82) is 0 Å². The topological polar surface area (TPSA) is 98.5 Å². The van der Waals surface area contributed by atoms with Crippen LogP contribution in [0.15, 0.2) is 66.7 Å². The summed E-state index contributed by atoms with van der Waals surface area (Å²) in [7, 11) is 0. The number of nitro benzene ring substituents is 1. The van der Waals surface area contributed by atoms with E-state index in [0.717, 1.165) is 5.56 Å². The maximum Gasteiger partial charge on any atom is 0.339 e. The number of esters is 1. The molecule has 0 radical (unpaired) electrons. The molecule has 1 amide bonds. The van der Waals surface area contributed by atoms with E-state index in [2.05, 4.69) is 5.32 Å². The SMILES string of the molecule is O=C(Nc1cccc([N+](=O)[O-])c1)c1ccc2c(c1)CC(c1ccc(Cl)cc1)OC2=O. The zero-order valence-electron chi connectivity index (χ0n) is 15.5. The van der Waals surface area contributed by atoms with Crippen LogP contribution in [0.5, 0.6) is 0 Å². The second-order valence-corrected chi connectivity index (χ2v) is 7.22. The van der Waals surface area contributed by atoms with E-state index in [-0.39, 0.29) is 5.69 Å². The molecule has 4 rings (SSSR count). The van der Waals surface area contributed by atoms with Crippen molar-refractivity contribution in [3.8, 4) is 0 Å². The summed E-state index contributed by atoms with van der Waals surface area (Å²) in [5.74, 6) is -0.887. The Kier molecular flexibility index (Phi) is 5.20. The minimum atomic E-state index is -0.531. The minimum absolute atomic E-state index is 0.119. The first-order chi connectivity index (χ1) is 14.4. The van der Waals surface area contributed by atoms with Crippen molar-refractivity contribution in [2.45, 2.75) is 12.5 Å². The lowest BCUT2D eigenvalue weighted by molar-refractivity contribution is -0.384. The molecule has 7 nitrogen and oxygen atoms in total. The van der Waals surface area contributed by atoms with E-state index >= 15 is 0 Å². The predicted molar refractivity (Wildman–Crippen MR) is 111 cm³/mol. The van der Waals surface area contributed by atoms with Crippen LogP contribution in [0.1, 0.15) is 37.9 Å². The number of hydrogen-bond acceptors (Lipinski definition) is 5. The molecule has 1 N–H and O–H groups in total. The number of anilines is 1. The highest BCUT2D eigenvalue weighted by Gasteiger charge is 2.28. The minimum Gasteiger partial charge on any atom is -0.454 e. The van der Waals surface area contributed by atoms with E-state index in [4.69, 9.17) is 16.3 Å². The number of benzene rings is 3. The molecule has 0 fully saturated rings. The Labute approximate surface area is 176 Å². The highest BCUT2D eigenvalue weighted by molar-refractivity contribution is 6.30. The average Bonchev–Trinajstić information content (AvgIpc) is 2.74. The van der Waals surface area contributed by atoms with E-state index in [1.165, 1.54) is 24.3 Å². The van der Waals surface area contributed by atoms with E-state index in [0.29, 0.717) is 33.8 Å². The third-order valence-corrected chi connectivity index (χ3v) is 5.05. The number of nitrogens with zero attached hydrogens (tertiary/aromatic N) is 1. The summed E-state index contributed by atoms with van der Waals surface area (Å²) in [4.78, 5) is 35.4. The van der Waals surface area contributed by atoms with Crippen molar-refractivity contribution < 1.29 is 19.2 Å². The number of non-ortho nitro benzene ring substituents is 1. The highest BCUT2D eigenvalue weighted by Crippen LogP contribution is 2.32. The zero-order chi connectivity index (χ0) is 21.3. The fourth-order valence-electron chi connectivity index (χ4n) is 3.30. The average molecular weight is 423 g/mol. The number of carbonyl (C=O) groups excluding carboxylic acids is 2. The molecule has 1 unspecified atom stereocenters. The van der Waals surface area contributed by atoms with Crippen LogP contribution in [0.25, 0.3) is 0 Å². The third kappa shape index (κ3) is 4.01. The smallest absolute Gasteiger partial charge is 0.339 e. The zero-order valence-corrected chi connectivity index (χ0v) is 16.3. The van der Waals surface area contributed by atoms with Gasteiger partial charge >= 0.3 is 5.97 Å². The normalized spacial score (nSPS) is 15.1. The standard InChI is InChI=1S/C22H15ClN2O5/c23-16-7-4-13(5-8-16)20-11-15-10-14(6-9-19(15)22(27)30-20)21(26)24-17-2-1-3-18(12-17)25(28)29/h1-10,12,20H,11H2,(H,24,26). The molecule has 8 heteroatoms. The van der Waals surface area contributed by atoms with E-state index in [1.54, 1.807) is 42.5 Å². The van der Waals surface area contributed by atoms with Gasteiger partial charge in [0, 0.05) is 34.8 Å². The van der Waals surface area contributed by atoms with Crippen molar-refractivity contribution in [2.24, 2.45) is 0 Å². The summed E-state index contributed by atoms with van der Waals surface area (Å²) in [6, 6.07) is 17.4. The Bertz CT molecular complexity index is 1160. The van der Waals surface area contributed by atoms with Gasteiger partial charge in [0.05, 0.1) is 10.5 Å². The molecule has 1 atom stereocenters. The van der Waals surface area contributed by atoms with Gasteiger partial charge in [0.25, 0.3) is 11.6 Å². The lowest BCUT2D eigenvalue weighted by atomic mass is 9.93. The number of hydrogen-bond donors (Lipinski definition) is 1. The van der Waals surface area contributed by atoms with Crippen molar-refractivity contribution in [3.05, 3.63) is 104 Å². The Morgan fingerprint density at radius 1 is 1.10 bits per heavy atom. The fraction of sp³-hybridized carbons (Fsp3) is 0.0909. The van der Waals surface area contributed by atoms with Crippen LogP contribution in [-0.2, 0) is 11.2 Å². The Hall–Kier alpha value is -3.71. The molecule has 0 saturated heterocycles. The monoisotopic (exact) mass is 422 g/mol. The molecule has 1 heterocycles. The number of amides is 1. The first kappa shape index (κ1) is 19.6. The molecule has 0 bridgehead atoms. The van der Waals surface area contributed by atoms with Gasteiger partial charge in [0.15, 0.2) is 0 Å². The number of ether oxygens (including phenoxy) is 1. The lowest BCUT2D eigenvalue weighted by Gasteiger charge is -2.25. The van der Waals surface area contributed by atoms with Crippen LogP contribution in [0.2, 0.25) is 5.02 Å². The summed E-state index contributed by atoms with van der Waals surface area (Å²) in [5.41, 5.74) is 2.44. The molecule has 0 aromatic heterocycles. The highest BCUT2D eigenvalue weighted by atomic mass is 35.5. The maximum absolute atomic E-state index is 12.6. The quantitative estimate of drug-likeness (QED) is 0.364. The van der Waals surface area contributed by atoms with Crippen molar-refractivity contribution >= 4 is 34.9 Å². The van der Waals surface area contributed by atoms with Gasteiger partial charge in [0.1, 0.15) is 6.10 Å². The Balaban J connectivity index is 1.57. The van der Waals surface area contributed by atoms with Gasteiger partial charge in [-0.2, -0.15) is 0 Å². The maximum atomic E-state index is 12.6. The molecule has 1 aliphatic rings. The number of nitro groups is 1. The van der Waals surface area contributed by atoms with Crippen molar-refractivity contribution in [1.82, 2.24) is 0 Å². The number of halogens is 1. The number of nitrogens with one attached hydrogen (secondary N) is 1. The fourth-order valence-corrected chi connectivity index (χ4v) is 3.43. The van der Waals surface area contributed by atoms with Crippen LogP contribution < -0.4 is 5.32 Å². The van der Waals surface area contributed by atoms with Gasteiger partial charge in [-0.1, -0.05) is 29.8 Å². The van der Waals surface area contributed by atoms with Gasteiger partial charge in [-0.3, -0.25) is 14.9 Å². The summed E-state index contributed by atoms with van der Waals surface area (Å²) < 4.78 is 5.52. The molecule has 0 aliphatic carbocycles. The summed E-state index contributed by atoms with van der Waals surface area (Å²) >= 11 is 5.92. The number of carbonyl (C=O) groups is 2. The molecule has 150 valence electrons. The van der Waals surface area contributed by atoms with Crippen LogP contribution in [0.4, 0.5) is 11.4 Å². The number of cyclic esters (lactones) is 1. The summed E-state index contributed by atoms with van der Waals surface area (Å²) in [5, 5.41) is 14.1. The summed E-state index contributed by atoms with van der Waals surface area (Å²) in [6.07, 6.45) is -0.0574.